The fourth-order valence-electron chi connectivity index (χ4n) is 2.86. The Morgan fingerprint density at radius 2 is 2.21 bits per heavy atom. The normalized spacial score (nSPS) is 20.6. The van der Waals surface area contributed by atoms with Crippen molar-refractivity contribution in [2.24, 2.45) is 0 Å². The predicted octanol–water partition coefficient (Wildman–Crippen LogP) is 2.96. The van der Waals surface area contributed by atoms with E-state index in [2.05, 4.69) is 34.9 Å². The van der Waals surface area contributed by atoms with Crippen LogP contribution >= 0.6 is 23.4 Å². The van der Waals surface area contributed by atoms with E-state index < -0.39 is 5.91 Å². The highest BCUT2D eigenvalue weighted by Crippen LogP contribution is 2.30. The highest BCUT2D eigenvalue weighted by Gasteiger charge is 2.26. The maximum Gasteiger partial charge on any atom is 0.291 e. The molecule has 24 heavy (non-hydrogen) atoms. The van der Waals surface area contributed by atoms with E-state index >= 15 is 0 Å². The molecule has 1 atom stereocenters. The minimum absolute atomic E-state index is 0.276. The van der Waals surface area contributed by atoms with Gasteiger partial charge in [0.15, 0.2) is 0 Å². The van der Waals surface area contributed by atoms with Gasteiger partial charge in [-0.25, -0.2) is 0 Å². The van der Waals surface area contributed by atoms with Crippen molar-refractivity contribution in [1.29, 1.82) is 0 Å². The van der Waals surface area contributed by atoms with E-state index in [0.717, 1.165) is 42.5 Å². The Morgan fingerprint density at radius 3 is 2.83 bits per heavy atom. The maximum atomic E-state index is 11.6. The number of benzene rings is 1. The third-order valence-electron chi connectivity index (χ3n) is 4.20. The third kappa shape index (κ3) is 3.68. The van der Waals surface area contributed by atoms with E-state index in [1.54, 1.807) is 6.08 Å². The smallest absolute Gasteiger partial charge is 0.291 e. The standard InChI is InChI=1S/C17H18ClN3O2S/c1-20(2)13-7-8-21(10-13)14-5-4-12(18)9-11(14)3-6-15-16(22)19-17(23)24-15/h3-5,9,13H,7-8,10H2,1-2H3,(H,19,22,23)/t6?,13-/m0/s1. The first-order valence-electron chi connectivity index (χ1n) is 7.65. The molecule has 2 saturated heterocycles. The van der Waals surface area contributed by atoms with Crippen LogP contribution in [0.3, 0.4) is 0 Å². The molecule has 7 heteroatoms. The van der Waals surface area contributed by atoms with Gasteiger partial charge < -0.3 is 9.80 Å². The molecule has 2 aliphatic heterocycles. The molecule has 0 bridgehead atoms. The van der Waals surface area contributed by atoms with Gasteiger partial charge in [-0.15, -0.1) is 0 Å². The monoisotopic (exact) mass is 363 g/mol. The van der Waals surface area contributed by atoms with Crippen molar-refractivity contribution in [3.8, 4) is 0 Å². The zero-order valence-electron chi connectivity index (χ0n) is 13.5. The molecule has 2 amide bonds. The largest absolute Gasteiger partial charge is 0.369 e. The van der Waals surface area contributed by atoms with Crippen molar-refractivity contribution in [3.05, 3.63) is 39.4 Å². The number of thioether (sulfide) groups is 1. The summed E-state index contributed by atoms with van der Waals surface area (Å²) in [6.07, 6.45) is 2.83. The van der Waals surface area contributed by atoms with Gasteiger partial charge >= 0.3 is 0 Å². The molecule has 0 aromatic heterocycles. The van der Waals surface area contributed by atoms with Crippen molar-refractivity contribution >= 4 is 46.3 Å². The Kier molecular flexibility index (Phi) is 5.01. The fourth-order valence-corrected chi connectivity index (χ4v) is 3.63. The highest BCUT2D eigenvalue weighted by molar-refractivity contribution is 8.18. The molecule has 0 radical (unpaired) electrons. The number of imide groups is 1. The van der Waals surface area contributed by atoms with Gasteiger partial charge in [0.25, 0.3) is 11.1 Å². The lowest BCUT2D eigenvalue weighted by Crippen LogP contribution is -2.31. The van der Waals surface area contributed by atoms with Crippen LogP contribution in [0.5, 0.6) is 0 Å². The maximum absolute atomic E-state index is 11.6. The number of carbonyl (C=O) groups is 2. The molecule has 5 nitrogen and oxygen atoms in total. The Labute approximate surface area is 150 Å². The molecule has 1 N–H and O–H groups in total. The van der Waals surface area contributed by atoms with Gasteiger partial charge in [-0.1, -0.05) is 17.3 Å². The van der Waals surface area contributed by atoms with Crippen molar-refractivity contribution in [2.75, 3.05) is 32.1 Å². The Bertz CT molecular complexity index is 756. The molecule has 0 spiro atoms. The number of amides is 2. The topological polar surface area (TPSA) is 52.6 Å². The van der Waals surface area contributed by atoms with Crippen molar-refractivity contribution in [1.82, 2.24) is 10.2 Å². The summed E-state index contributed by atoms with van der Waals surface area (Å²) in [5.74, 6) is -0.404. The van der Waals surface area contributed by atoms with Crippen LogP contribution < -0.4 is 10.2 Å². The quantitative estimate of drug-likeness (QED) is 0.661. The molecule has 2 aliphatic rings. The molecule has 1 aromatic rings. The number of carbonyl (C=O) groups excluding carboxylic acids is 2. The number of nitrogens with zero attached hydrogens (tertiary/aromatic N) is 2. The molecule has 0 unspecified atom stereocenters. The van der Waals surface area contributed by atoms with Crippen LogP contribution in [0.1, 0.15) is 12.0 Å². The van der Waals surface area contributed by atoms with Gasteiger partial charge in [-0.3, -0.25) is 14.9 Å². The Hall–Kier alpha value is -1.72. The van der Waals surface area contributed by atoms with Gasteiger partial charge in [0.1, 0.15) is 4.91 Å². The van der Waals surface area contributed by atoms with Crippen molar-refractivity contribution in [2.45, 2.75) is 12.5 Å². The number of hydrogen-bond donors (Lipinski definition) is 1. The van der Waals surface area contributed by atoms with Gasteiger partial charge in [-0.2, -0.15) is 0 Å². The highest BCUT2D eigenvalue weighted by atomic mass is 35.5. The fraction of sp³-hybridized carbons (Fsp3) is 0.353. The van der Waals surface area contributed by atoms with Crippen LogP contribution in [0.2, 0.25) is 5.02 Å². The van der Waals surface area contributed by atoms with E-state index in [1.165, 1.54) is 0 Å². The lowest BCUT2D eigenvalue weighted by Gasteiger charge is -2.23. The predicted molar refractivity (Wildman–Crippen MR) is 98.4 cm³/mol. The molecule has 0 aliphatic carbocycles. The van der Waals surface area contributed by atoms with Gasteiger partial charge in [-0.05, 0) is 56.6 Å². The van der Waals surface area contributed by atoms with E-state index in [-0.39, 0.29) is 10.1 Å². The molecule has 126 valence electrons. The second-order valence-corrected chi connectivity index (χ2v) is 7.44. The van der Waals surface area contributed by atoms with Crippen molar-refractivity contribution in [3.63, 3.8) is 0 Å². The first-order chi connectivity index (χ1) is 11.4. The van der Waals surface area contributed by atoms with Gasteiger partial charge in [0, 0.05) is 35.4 Å². The molecule has 2 fully saturated rings. The Morgan fingerprint density at radius 1 is 1.42 bits per heavy atom. The summed E-state index contributed by atoms with van der Waals surface area (Å²) in [7, 11) is 4.18. The lowest BCUT2D eigenvalue weighted by atomic mass is 10.1. The van der Waals surface area contributed by atoms with E-state index in [4.69, 9.17) is 11.6 Å². The minimum Gasteiger partial charge on any atom is -0.369 e. The zero-order valence-corrected chi connectivity index (χ0v) is 15.1. The molecule has 1 aromatic carbocycles. The summed E-state index contributed by atoms with van der Waals surface area (Å²) in [4.78, 5) is 27.7. The number of likely N-dealkylation sites (N-methyl/N-ethyl adjacent to an activating group) is 1. The van der Waals surface area contributed by atoms with Crippen LogP contribution in [0.25, 0.3) is 6.08 Å². The van der Waals surface area contributed by atoms with Crippen LogP contribution in [-0.4, -0.2) is 49.3 Å². The van der Waals surface area contributed by atoms with E-state index in [0.29, 0.717) is 11.1 Å². The van der Waals surface area contributed by atoms with Crippen LogP contribution in [0.4, 0.5) is 10.5 Å². The number of anilines is 1. The first kappa shape index (κ1) is 17.1. The van der Waals surface area contributed by atoms with E-state index in [9.17, 15) is 9.59 Å². The molecule has 2 heterocycles. The summed E-state index contributed by atoms with van der Waals surface area (Å²) in [6, 6.07) is 6.23. The summed E-state index contributed by atoms with van der Waals surface area (Å²) in [6.45, 7) is 1.91. The van der Waals surface area contributed by atoms with Gasteiger partial charge in [0.2, 0.25) is 0 Å². The van der Waals surface area contributed by atoms with Crippen LogP contribution in [-0.2, 0) is 4.79 Å². The molecule has 3 rings (SSSR count). The van der Waals surface area contributed by atoms with E-state index in [1.807, 2.05) is 18.2 Å². The minimum atomic E-state index is -0.404. The second kappa shape index (κ2) is 7.03. The number of rotatable bonds is 3. The summed E-state index contributed by atoms with van der Waals surface area (Å²) < 4.78 is 0. The number of halogens is 1. The zero-order chi connectivity index (χ0) is 17.3. The summed E-state index contributed by atoms with van der Waals surface area (Å²) in [5.41, 5.74) is 4.88. The SMILES string of the molecule is CN(C)[C@H]1CCN(c2ccc(Cl)cc2C=C=C2SC(=O)NC2=O)C1. The number of hydrogen-bond acceptors (Lipinski definition) is 5. The van der Waals surface area contributed by atoms with Gasteiger partial charge in [0.05, 0.1) is 0 Å². The van der Waals surface area contributed by atoms with Crippen LogP contribution in [0.15, 0.2) is 28.8 Å². The molecule has 0 saturated carbocycles. The second-order valence-electron chi connectivity index (χ2n) is 6.02. The average molecular weight is 364 g/mol. The first-order valence-corrected chi connectivity index (χ1v) is 8.84. The Balaban J connectivity index is 1.91. The summed E-state index contributed by atoms with van der Waals surface area (Å²) >= 11 is 6.99. The third-order valence-corrected chi connectivity index (χ3v) is 5.23. The average Bonchev–Trinajstić information content (AvgIpc) is 3.12. The summed E-state index contributed by atoms with van der Waals surface area (Å²) in [5, 5.41) is 2.49. The molecular formula is C17H18ClN3O2S. The van der Waals surface area contributed by atoms with Crippen LogP contribution in [0, 0.1) is 0 Å². The van der Waals surface area contributed by atoms with Crippen molar-refractivity contribution < 1.29 is 9.59 Å². The molecular weight excluding hydrogens is 346 g/mol. The number of nitrogens with one attached hydrogen (secondary N) is 1. The lowest BCUT2D eigenvalue weighted by molar-refractivity contribution is -0.115.